The van der Waals surface area contributed by atoms with Gasteiger partial charge < -0.3 is 0 Å². The average molecular weight is 151 g/mol. The summed E-state index contributed by atoms with van der Waals surface area (Å²) < 4.78 is 0. The fourth-order valence-electron chi connectivity index (χ4n) is 2.79. The topological polar surface area (TPSA) is 20.3 Å². The van der Waals surface area contributed by atoms with Gasteiger partial charge in [-0.1, -0.05) is 0 Å². The van der Waals surface area contributed by atoms with Gasteiger partial charge in [-0.2, -0.15) is 0 Å². The van der Waals surface area contributed by atoms with Crippen molar-refractivity contribution < 1.29 is 4.79 Å². The molecule has 11 heavy (non-hydrogen) atoms. The number of carbonyl (C=O) groups excluding carboxylic acids is 1. The fourth-order valence-corrected chi connectivity index (χ4v) is 2.79. The molecule has 0 atom stereocenters. The van der Waals surface area contributed by atoms with Crippen molar-refractivity contribution in [2.75, 3.05) is 13.1 Å². The molecule has 0 unspecified atom stereocenters. The van der Waals surface area contributed by atoms with Gasteiger partial charge in [-0.05, 0) is 38.8 Å². The Labute approximate surface area is 66.6 Å². The molecule has 4 fully saturated rings. The zero-order valence-corrected chi connectivity index (χ0v) is 6.68. The second kappa shape index (κ2) is 1.69. The number of Topliss-reactive ketones (excluding diaryl/α,β-unsaturated/α-hetero) is 1. The lowest BCUT2D eigenvalue weighted by Crippen LogP contribution is -2.57. The van der Waals surface area contributed by atoms with Crippen molar-refractivity contribution in [3.05, 3.63) is 0 Å². The van der Waals surface area contributed by atoms with Crippen LogP contribution in [0.4, 0.5) is 0 Å². The quantitative estimate of drug-likeness (QED) is 0.510. The molecule has 3 aliphatic heterocycles. The third-order valence-electron chi connectivity index (χ3n) is 3.65. The van der Waals surface area contributed by atoms with Gasteiger partial charge in [-0.25, -0.2) is 0 Å². The summed E-state index contributed by atoms with van der Waals surface area (Å²) in [5.41, 5.74) is 0.0984. The Morgan fingerprint density at radius 1 is 1.27 bits per heavy atom. The smallest absolute Gasteiger partial charge is 0.156 e. The van der Waals surface area contributed by atoms with Crippen LogP contribution in [0.25, 0.3) is 0 Å². The Morgan fingerprint density at radius 3 is 2.27 bits per heavy atom. The molecule has 60 valence electrons. The van der Waals surface area contributed by atoms with Gasteiger partial charge in [0.15, 0.2) is 5.78 Å². The molecule has 0 amide bonds. The van der Waals surface area contributed by atoms with Gasteiger partial charge in [-0.3, -0.25) is 9.69 Å². The van der Waals surface area contributed by atoms with Crippen LogP contribution in [0.5, 0.6) is 0 Å². The van der Waals surface area contributed by atoms with Crippen LogP contribution in [-0.2, 0) is 4.79 Å². The van der Waals surface area contributed by atoms with Crippen molar-refractivity contribution in [1.29, 1.82) is 0 Å². The van der Waals surface area contributed by atoms with E-state index in [1.165, 1.54) is 13.1 Å². The molecular weight excluding hydrogens is 138 g/mol. The first-order valence-corrected chi connectivity index (χ1v) is 4.62. The lowest BCUT2D eigenvalue weighted by Gasteiger charge is -2.44. The van der Waals surface area contributed by atoms with Crippen LogP contribution in [0, 0.1) is 5.92 Å². The van der Waals surface area contributed by atoms with Gasteiger partial charge in [0.05, 0.1) is 5.54 Å². The lowest BCUT2D eigenvalue weighted by molar-refractivity contribution is -0.139. The number of hydrogen-bond acceptors (Lipinski definition) is 2. The van der Waals surface area contributed by atoms with E-state index in [0.717, 1.165) is 25.7 Å². The van der Waals surface area contributed by atoms with E-state index in [1.54, 1.807) is 0 Å². The van der Waals surface area contributed by atoms with Crippen molar-refractivity contribution in [2.24, 2.45) is 5.92 Å². The molecular formula is C9H13NO. The zero-order chi connectivity index (χ0) is 7.47. The Morgan fingerprint density at radius 2 is 1.91 bits per heavy atom. The molecule has 2 nitrogen and oxygen atoms in total. The van der Waals surface area contributed by atoms with E-state index in [9.17, 15) is 4.79 Å². The maximum Gasteiger partial charge on any atom is 0.156 e. The van der Waals surface area contributed by atoms with Crippen molar-refractivity contribution in [3.8, 4) is 0 Å². The molecule has 1 aliphatic carbocycles. The summed E-state index contributed by atoms with van der Waals surface area (Å²) in [5, 5.41) is 0. The molecule has 1 spiro atoms. The minimum Gasteiger partial charge on any atom is -0.297 e. The van der Waals surface area contributed by atoms with Crippen molar-refractivity contribution in [3.63, 3.8) is 0 Å². The number of fused-ring (bicyclic) bond motifs is 2. The van der Waals surface area contributed by atoms with Crippen LogP contribution in [0.1, 0.15) is 25.7 Å². The number of hydrogen-bond donors (Lipinski definition) is 0. The summed E-state index contributed by atoms with van der Waals surface area (Å²) in [6, 6.07) is 0. The average Bonchev–Trinajstić information content (AvgIpc) is 2.82. The first-order valence-electron chi connectivity index (χ1n) is 4.62. The first kappa shape index (κ1) is 6.18. The second-order valence-electron chi connectivity index (χ2n) is 4.16. The molecule has 3 saturated heterocycles. The van der Waals surface area contributed by atoms with Crippen LogP contribution in [0.3, 0.4) is 0 Å². The molecule has 4 aliphatic rings. The minimum atomic E-state index is 0.0984. The van der Waals surface area contributed by atoms with Crippen LogP contribution >= 0.6 is 0 Å². The van der Waals surface area contributed by atoms with Gasteiger partial charge in [-0.15, -0.1) is 0 Å². The highest BCUT2D eigenvalue weighted by atomic mass is 16.1. The SMILES string of the molecule is O=C1C2CCN(CC2)C12CC2. The summed E-state index contributed by atoms with van der Waals surface area (Å²) in [6.07, 6.45) is 4.59. The Balaban J connectivity index is 2.01. The highest BCUT2D eigenvalue weighted by Gasteiger charge is 2.60. The van der Waals surface area contributed by atoms with E-state index in [1.807, 2.05) is 0 Å². The number of ketones is 1. The third kappa shape index (κ3) is 0.598. The normalized spacial score (nSPS) is 44.9. The van der Waals surface area contributed by atoms with Gasteiger partial charge in [0.25, 0.3) is 0 Å². The molecule has 3 heterocycles. The molecule has 0 radical (unpaired) electrons. The van der Waals surface area contributed by atoms with Crippen LogP contribution in [0.2, 0.25) is 0 Å². The molecule has 0 N–H and O–H groups in total. The van der Waals surface area contributed by atoms with E-state index in [4.69, 9.17) is 0 Å². The van der Waals surface area contributed by atoms with Crippen LogP contribution < -0.4 is 0 Å². The predicted molar refractivity (Wildman–Crippen MR) is 41.3 cm³/mol. The third-order valence-corrected chi connectivity index (χ3v) is 3.65. The predicted octanol–water partition coefficient (Wildman–Crippen LogP) is 0.814. The highest BCUT2D eigenvalue weighted by Crippen LogP contribution is 2.50. The number of nitrogens with zero attached hydrogens (tertiary/aromatic N) is 1. The van der Waals surface area contributed by atoms with Gasteiger partial charge in [0, 0.05) is 5.92 Å². The van der Waals surface area contributed by atoms with Crippen LogP contribution in [-0.4, -0.2) is 29.3 Å². The summed E-state index contributed by atoms with van der Waals surface area (Å²) in [7, 11) is 0. The maximum absolute atomic E-state index is 11.7. The first-order chi connectivity index (χ1) is 5.33. The van der Waals surface area contributed by atoms with E-state index < -0.39 is 0 Å². The molecule has 0 aromatic carbocycles. The van der Waals surface area contributed by atoms with Gasteiger partial charge in [0.2, 0.25) is 0 Å². The second-order valence-corrected chi connectivity index (χ2v) is 4.16. The zero-order valence-electron chi connectivity index (χ0n) is 6.68. The molecule has 4 rings (SSSR count). The number of piperidine rings is 3. The molecule has 2 bridgehead atoms. The van der Waals surface area contributed by atoms with Crippen LogP contribution in [0.15, 0.2) is 0 Å². The molecule has 0 aromatic rings. The standard InChI is InChI=1S/C9H13NO/c11-8-7-1-5-10(6-2-7)9(8)3-4-9/h7H,1-6H2. The Kier molecular flexibility index (Phi) is 0.947. The molecule has 0 aromatic heterocycles. The molecule has 1 saturated carbocycles. The van der Waals surface area contributed by atoms with Crippen molar-refractivity contribution in [1.82, 2.24) is 4.90 Å². The van der Waals surface area contributed by atoms with E-state index >= 15 is 0 Å². The van der Waals surface area contributed by atoms with E-state index in [0.29, 0.717) is 11.7 Å². The monoisotopic (exact) mass is 151 g/mol. The fraction of sp³-hybridized carbons (Fsp3) is 0.889. The van der Waals surface area contributed by atoms with Gasteiger partial charge in [0.1, 0.15) is 0 Å². The Bertz CT molecular complexity index is 212. The van der Waals surface area contributed by atoms with E-state index in [-0.39, 0.29) is 5.54 Å². The summed E-state index contributed by atoms with van der Waals surface area (Å²) in [5.74, 6) is 1.03. The Hall–Kier alpha value is -0.370. The van der Waals surface area contributed by atoms with Crippen molar-refractivity contribution >= 4 is 5.78 Å². The lowest BCUT2D eigenvalue weighted by atomic mass is 9.80. The number of rotatable bonds is 0. The summed E-state index contributed by atoms with van der Waals surface area (Å²) in [6.45, 7) is 2.38. The highest BCUT2D eigenvalue weighted by molar-refractivity contribution is 5.94. The van der Waals surface area contributed by atoms with Crippen molar-refractivity contribution in [2.45, 2.75) is 31.2 Å². The minimum absolute atomic E-state index is 0.0984. The molecule has 2 heteroatoms. The van der Waals surface area contributed by atoms with Gasteiger partial charge >= 0.3 is 0 Å². The largest absolute Gasteiger partial charge is 0.297 e. The summed E-state index contributed by atoms with van der Waals surface area (Å²) in [4.78, 5) is 14.2. The van der Waals surface area contributed by atoms with E-state index in [2.05, 4.69) is 4.90 Å². The number of carbonyl (C=O) groups is 1. The maximum atomic E-state index is 11.7. The summed E-state index contributed by atoms with van der Waals surface area (Å²) >= 11 is 0.